The third-order valence-corrected chi connectivity index (χ3v) is 7.65. The summed E-state index contributed by atoms with van der Waals surface area (Å²) in [5, 5.41) is 0. The van der Waals surface area contributed by atoms with Crippen LogP contribution in [-0.4, -0.2) is 30.5 Å². The van der Waals surface area contributed by atoms with Crippen LogP contribution in [0, 0.1) is 0 Å². The zero-order valence-electron chi connectivity index (χ0n) is 19.1. The number of halogens is 1. The molecule has 0 radical (unpaired) electrons. The molecule has 176 valence electrons. The van der Waals surface area contributed by atoms with Gasteiger partial charge in [-0.3, -0.25) is 9.36 Å². The van der Waals surface area contributed by atoms with Crippen LogP contribution in [0.1, 0.15) is 31.0 Å². The van der Waals surface area contributed by atoms with Crippen molar-refractivity contribution in [2.75, 3.05) is 20.0 Å². The van der Waals surface area contributed by atoms with Gasteiger partial charge >= 0.3 is 5.97 Å². The van der Waals surface area contributed by atoms with Crippen molar-refractivity contribution in [3.63, 3.8) is 0 Å². The van der Waals surface area contributed by atoms with Gasteiger partial charge in [0.05, 0.1) is 35.6 Å². The maximum absolute atomic E-state index is 13.7. The molecule has 0 fully saturated rings. The van der Waals surface area contributed by atoms with E-state index < -0.39 is 12.0 Å². The summed E-state index contributed by atoms with van der Waals surface area (Å²) in [6.07, 6.45) is 3.80. The van der Waals surface area contributed by atoms with Crippen molar-refractivity contribution in [3.05, 3.63) is 89.0 Å². The number of hydrogen-bond donors (Lipinski definition) is 0. The molecule has 4 rings (SSSR count). The van der Waals surface area contributed by atoms with Crippen molar-refractivity contribution in [2.24, 2.45) is 4.99 Å². The normalized spacial score (nSPS) is 15.7. The maximum atomic E-state index is 13.7. The highest BCUT2D eigenvalue weighted by Gasteiger charge is 2.33. The summed E-state index contributed by atoms with van der Waals surface area (Å²) in [5.74, 6) is 0.187. The zero-order chi connectivity index (χ0) is 24.4. The Morgan fingerprint density at radius 3 is 2.65 bits per heavy atom. The number of carbonyl (C=O) groups is 1. The Morgan fingerprint density at radius 2 is 2.00 bits per heavy atom. The Labute approximate surface area is 213 Å². The third-order valence-electron chi connectivity index (χ3n) is 5.43. The van der Waals surface area contributed by atoms with Crippen molar-refractivity contribution in [3.8, 4) is 5.75 Å². The van der Waals surface area contributed by atoms with Gasteiger partial charge < -0.3 is 9.47 Å². The second-order valence-electron chi connectivity index (χ2n) is 7.46. The SMILES string of the molecule is CCOC(=O)C1=C(C)N=c2s/c(=C/c3cc(Br)ccc3OC)c(=O)n2[C@@H]1c1ccc(SC)cc1. The number of thiazole rings is 1. The molecule has 34 heavy (non-hydrogen) atoms. The molecule has 0 bridgehead atoms. The molecule has 0 saturated heterocycles. The molecular weight excluding hydrogens is 536 g/mol. The number of fused-ring (bicyclic) bond motifs is 1. The van der Waals surface area contributed by atoms with Crippen LogP contribution in [-0.2, 0) is 9.53 Å². The molecule has 2 heterocycles. The van der Waals surface area contributed by atoms with E-state index >= 15 is 0 Å². The number of methoxy groups -OCH3 is 1. The second kappa shape index (κ2) is 10.3. The number of aromatic nitrogens is 1. The first-order valence-corrected chi connectivity index (χ1v) is 13.4. The van der Waals surface area contributed by atoms with Crippen LogP contribution < -0.4 is 19.6 Å². The molecule has 1 aliphatic rings. The minimum absolute atomic E-state index is 0.223. The molecule has 1 aromatic heterocycles. The molecule has 0 N–H and O–H groups in total. The van der Waals surface area contributed by atoms with Gasteiger partial charge in [0.15, 0.2) is 4.80 Å². The van der Waals surface area contributed by atoms with E-state index in [9.17, 15) is 9.59 Å². The number of carbonyl (C=O) groups excluding carboxylic acids is 1. The maximum Gasteiger partial charge on any atom is 0.338 e. The molecule has 2 aromatic carbocycles. The molecule has 1 atom stereocenters. The van der Waals surface area contributed by atoms with Crippen LogP contribution in [0.5, 0.6) is 5.75 Å². The lowest BCUT2D eigenvalue weighted by Gasteiger charge is -2.24. The van der Waals surface area contributed by atoms with Crippen molar-refractivity contribution >= 4 is 51.1 Å². The van der Waals surface area contributed by atoms with Gasteiger partial charge in [0.1, 0.15) is 5.75 Å². The summed E-state index contributed by atoms with van der Waals surface area (Å²) >= 11 is 6.39. The number of esters is 1. The summed E-state index contributed by atoms with van der Waals surface area (Å²) in [5.41, 5.74) is 2.29. The van der Waals surface area contributed by atoms with E-state index in [1.165, 1.54) is 11.3 Å². The second-order valence-corrected chi connectivity index (χ2v) is 10.3. The first kappa shape index (κ1) is 24.5. The first-order chi connectivity index (χ1) is 16.4. The number of allylic oxidation sites excluding steroid dienone is 1. The van der Waals surface area contributed by atoms with Gasteiger partial charge in [-0.1, -0.05) is 39.4 Å². The molecule has 0 amide bonds. The summed E-state index contributed by atoms with van der Waals surface area (Å²) in [4.78, 5) is 32.9. The average molecular weight is 560 g/mol. The predicted molar refractivity (Wildman–Crippen MR) is 139 cm³/mol. The Bertz CT molecular complexity index is 1460. The Kier molecular flexibility index (Phi) is 7.45. The van der Waals surface area contributed by atoms with Crippen molar-refractivity contribution < 1.29 is 14.3 Å². The summed E-state index contributed by atoms with van der Waals surface area (Å²) < 4.78 is 13.8. The number of benzene rings is 2. The first-order valence-electron chi connectivity index (χ1n) is 10.5. The van der Waals surface area contributed by atoms with E-state index in [1.807, 2.05) is 48.7 Å². The fourth-order valence-corrected chi connectivity index (χ4v) is 5.68. The average Bonchev–Trinajstić information content (AvgIpc) is 3.13. The van der Waals surface area contributed by atoms with E-state index in [2.05, 4.69) is 20.9 Å². The molecule has 0 saturated carbocycles. The monoisotopic (exact) mass is 558 g/mol. The number of hydrogen-bond acceptors (Lipinski definition) is 7. The Hall–Kier alpha value is -2.62. The van der Waals surface area contributed by atoms with E-state index in [0.717, 1.165) is 20.5 Å². The zero-order valence-corrected chi connectivity index (χ0v) is 22.3. The lowest BCUT2D eigenvalue weighted by Crippen LogP contribution is -2.39. The fraction of sp³-hybridized carbons (Fsp3) is 0.240. The minimum Gasteiger partial charge on any atom is -0.496 e. The van der Waals surface area contributed by atoms with Gasteiger partial charge in [0.25, 0.3) is 5.56 Å². The lowest BCUT2D eigenvalue weighted by atomic mass is 9.96. The number of rotatable bonds is 6. The molecule has 0 aliphatic carbocycles. The van der Waals surface area contributed by atoms with E-state index in [-0.39, 0.29) is 12.2 Å². The van der Waals surface area contributed by atoms with Gasteiger partial charge in [-0.2, -0.15) is 0 Å². The van der Waals surface area contributed by atoms with Crippen LogP contribution in [0.15, 0.2) is 72.9 Å². The largest absolute Gasteiger partial charge is 0.496 e. The molecule has 3 aromatic rings. The van der Waals surface area contributed by atoms with Crippen LogP contribution >= 0.6 is 39.0 Å². The van der Waals surface area contributed by atoms with Crippen LogP contribution in [0.3, 0.4) is 0 Å². The molecule has 0 spiro atoms. The van der Waals surface area contributed by atoms with Crippen LogP contribution in [0.25, 0.3) is 6.08 Å². The smallest absolute Gasteiger partial charge is 0.338 e. The molecular formula is C25H23BrN2O4S2. The molecule has 0 unspecified atom stereocenters. The van der Waals surface area contributed by atoms with Gasteiger partial charge in [-0.15, -0.1) is 11.8 Å². The van der Waals surface area contributed by atoms with Gasteiger partial charge in [-0.05, 0) is 62.1 Å². The van der Waals surface area contributed by atoms with Crippen molar-refractivity contribution in [2.45, 2.75) is 24.8 Å². The highest BCUT2D eigenvalue weighted by molar-refractivity contribution is 9.10. The summed E-state index contributed by atoms with van der Waals surface area (Å²) in [6.45, 7) is 3.78. The van der Waals surface area contributed by atoms with E-state index in [4.69, 9.17) is 9.47 Å². The standard InChI is InChI=1S/C25H23BrN2O4S2/c1-5-32-24(30)21-14(2)27-25-28(22(21)15-6-9-18(33-4)10-7-15)23(29)20(34-25)13-16-12-17(26)8-11-19(16)31-3/h6-13,22H,5H2,1-4H3/b20-13+/t22-/m1/s1. The quantitative estimate of drug-likeness (QED) is 0.333. The van der Waals surface area contributed by atoms with Gasteiger partial charge in [0, 0.05) is 14.9 Å². The van der Waals surface area contributed by atoms with Crippen molar-refractivity contribution in [1.29, 1.82) is 0 Å². The highest BCUT2D eigenvalue weighted by Crippen LogP contribution is 2.32. The summed E-state index contributed by atoms with van der Waals surface area (Å²) in [7, 11) is 1.59. The molecule has 1 aliphatic heterocycles. The van der Waals surface area contributed by atoms with Gasteiger partial charge in [0.2, 0.25) is 0 Å². The molecule has 9 heteroatoms. The summed E-state index contributed by atoms with van der Waals surface area (Å²) in [6, 6.07) is 12.9. The molecule has 6 nitrogen and oxygen atoms in total. The Balaban J connectivity index is 1.96. The van der Waals surface area contributed by atoms with Gasteiger partial charge in [-0.25, -0.2) is 9.79 Å². The van der Waals surface area contributed by atoms with Crippen LogP contribution in [0.2, 0.25) is 0 Å². The third kappa shape index (κ3) is 4.64. The van der Waals surface area contributed by atoms with E-state index in [0.29, 0.717) is 26.4 Å². The van der Waals surface area contributed by atoms with E-state index in [1.54, 1.807) is 43.4 Å². The van der Waals surface area contributed by atoms with Crippen LogP contribution in [0.4, 0.5) is 0 Å². The number of nitrogens with zero attached hydrogens (tertiary/aromatic N) is 2. The highest BCUT2D eigenvalue weighted by atomic mass is 79.9. The number of thioether (sulfide) groups is 1. The van der Waals surface area contributed by atoms with Crippen molar-refractivity contribution in [1.82, 2.24) is 4.57 Å². The minimum atomic E-state index is -0.627. The number of ether oxygens (including phenoxy) is 2. The predicted octanol–water partition coefficient (Wildman–Crippen LogP) is 4.29. The Morgan fingerprint density at radius 1 is 1.26 bits per heavy atom. The lowest BCUT2D eigenvalue weighted by molar-refractivity contribution is -0.139. The fourth-order valence-electron chi connectivity index (χ4n) is 3.85. The topological polar surface area (TPSA) is 69.9 Å².